The maximum absolute atomic E-state index is 13.4. The molecule has 0 spiro atoms. The third-order valence-corrected chi connectivity index (χ3v) is 3.43. The zero-order valence-corrected chi connectivity index (χ0v) is 9.27. The van der Waals surface area contributed by atoms with Crippen LogP contribution in [0.2, 0.25) is 0 Å². The van der Waals surface area contributed by atoms with E-state index in [1.54, 1.807) is 0 Å². The van der Waals surface area contributed by atoms with Crippen LogP contribution >= 0.6 is 0 Å². The van der Waals surface area contributed by atoms with Gasteiger partial charge < -0.3 is 0 Å². The van der Waals surface area contributed by atoms with Crippen molar-refractivity contribution in [2.75, 3.05) is 0 Å². The van der Waals surface area contributed by atoms with E-state index in [0.717, 1.165) is 0 Å². The van der Waals surface area contributed by atoms with E-state index in [2.05, 4.69) is 0 Å². The molecule has 16 heavy (non-hydrogen) atoms. The van der Waals surface area contributed by atoms with Gasteiger partial charge in [0.25, 0.3) is 0 Å². The average Bonchev–Trinajstić information content (AvgIpc) is 2.26. The summed E-state index contributed by atoms with van der Waals surface area (Å²) >= 11 is 0. The lowest BCUT2D eigenvalue weighted by Gasteiger charge is -2.24. The Morgan fingerprint density at radius 3 is 2.00 bits per heavy atom. The Labute approximate surface area is 93.5 Å². The molecule has 0 atom stereocenters. The fraction of sp³-hybridized carbons (Fsp3) is 0.538. The second kappa shape index (κ2) is 4.48. The number of alkyl halides is 1. The van der Waals surface area contributed by atoms with Gasteiger partial charge in [0.1, 0.15) is 17.8 Å². The number of hydrogen-bond donors (Lipinski definition) is 0. The Bertz CT molecular complexity index is 356. The van der Waals surface area contributed by atoms with Gasteiger partial charge in [0.15, 0.2) is 0 Å². The zero-order chi connectivity index (χ0) is 11.7. The van der Waals surface area contributed by atoms with Gasteiger partial charge in [0.05, 0.1) is 0 Å². The van der Waals surface area contributed by atoms with Crippen LogP contribution in [0.4, 0.5) is 13.2 Å². The molecule has 1 aromatic carbocycles. The summed E-state index contributed by atoms with van der Waals surface area (Å²) in [5.41, 5.74) is 0.732. The molecule has 0 nitrogen and oxygen atoms in total. The van der Waals surface area contributed by atoms with Gasteiger partial charge in [-0.1, -0.05) is 0 Å². The van der Waals surface area contributed by atoms with Crippen LogP contribution < -0.4 is 0 Å². The van der Waals surface area contributed by atoms with Crippen LogP contribution in [0.15, 0.2) is 12.1 Å². The van der Waals surface area contributed by atoms with Crippen LogP contribution in [0.3, 0.4) is 0 Å². The Kier molecular flexibility index (Phi) is 3.22. The molecule has 1 saturated carbocycles. The topological polar surface area (TPSA) is 0 Å². The third kappa shape index (κ3) is 2.23. The maximum atomic E-state index is 13.4. The largest absolute Gasteiger partial charge is 0.247 e. The monoisotopic (exact) mass is 228 g/mol. The highest BCUT2D eigenvalue weighted by Crippen LogP contribution is 2.35. The lowest BCUT2D eigenvalue weighted by Crippen LogP contribution is -2.14. The average molecular weight is 228 g/mol. The quantitative estimate of drug-likeness (QED) is 0.673. The molecule has 1 aliphatic rings. The van der Waals surface area contributed by atoms with Gasteiger partial charge in [0.2, 0.25) is 0 Å². The van der Waals surface area contributed by atoms with Crippen LogP contribution in [0.25, 0.3) is 0 Å². The van der Waals surface area contributed by atoms with E-state index in [4.69, 9.17) is 0 Å². The standard InChI is InChI=1S/C13H15F3/c1-8-12(15)6-10(7-13(8)16)9-2-4-11(14)5-3-9/h6-7,9,11H,2-5H2,1H3. The van der Waals surface area contributed by atoms with E-state index in [-0.39, 0.29) is 11.5 Å². The molecule has 1 aliphatic carbocycles. The molecular weight excluding hydrogens is 213 g/mol. The molecular formula is C13H15F3. The first-order valence-electron chi connectivity index (χ1n) is 5.67. The van der Waals surface area contributed by atoms with Crippen LogP contribution in [0.5, 0.6) is 0 Å². The lowest BCUT2D eigenvalue weighted by atomic mass is 9.83. The van der Waals surface area contributed by atoms with E-state index in [1.807, 2.05) is 0 Å². The summed E-state index contributed by atoms with van der Waals surface area (Å²) in [4.78, 5) is 0. The summed E-state index contributed by atoms with van der Waals surface area (Å²) in [5, 5.41) is 0. The first kappa shape index (κ1) is 11.5. The van der Waals surface area contributed by atoms with Crippen molar-refractivity contribution in [2.45, 2.75) is 44.7 Å². The highest BCUT2D eigenvalue weighted by molar-refractivity contribution is 5.28. The molecule has 0 unspecified atom stereocenters. The molecule has 88 valence electrons. The van der Waals surface area contributed by atoms with Gasteiger partial charge in [0, 0.05) is 5.56 Å². The third-order valence-electron chi connectivity index (χ3n) is 3.43. The minimum Gasteiger partial charge on any atom is -0.247 e. The van der Waals surface area contributed by atoms with Crippen LogP contribution in [0, 0.1) is 18.6 Å². The Hall–Kier alpha value is -0.990. The van der Waals surface area contributed by atoms with Crippen molar-refractivity contribution >= 4 is 0 Å². The molecule has 2 rings (SSSR count). The van der Waals surface area contributed by atoms with Gasteiger partial charge in [-0.15, -0.1) is 0 Å². The number of hydrogen-bond acceptors (Lipinski definition) is 0. The summed E-state index contributed by atoms with van der Waals surface area (Å²) < 4.78 is 39.7. The first-order valence-corrected chi connectivity index (χ1v) is 5.67. The molecule has 0 radical (unpaired) electrons. The number of rotatable bonds is 1. The maximum Gasteiger partial charge on any atom is 0.129 e. The Morgan fingerprint density at radius 1 is 1.00 bits per heavy atom. The Morgan fingerprint density at radius 2 is 1.50 bits per heavy atom. The van der Waals surface area contributed by atoms with Crippen molar-refractivity contribution in [3.05, 3.63) is 34.9 Å². The van der Waals surface area contributed by atoms with Crippen molar-refractivity contribution < 1.29 is 13.2 Å². The van der Waals surface area contributed by atoms with Crippen molar-refractivity contribution in [1.82, 2.24) is 0 Å². The first-order chi connectivity index (χ1) is 7.58. The van der Waals surface area contributed by atoms with Crippen molar-refractivity contribution in [3.63, 3.8) is 0 Å². The normalized spacial score (nSPS) is 25.8. The van der Waals surface area contributed by atoms with Crippen molar-refractivity contribution in [1.29, 1.82) is 0 Å². The summed E-state index contributed by atoms with van der Waals surface area (Å²) in [7, 11) is 0. The van der Waals surface area contributed by atoms with Gasteiger partial charge >= 0.3 is 0 Å². The minimum atomic E-state index is -0.739. The smallest absolute Gasteiger partial charge is 0.129 e. The molecule has 1 aromatic rings. The molecule has 1 fully saturated rings. The highest BCUT2D eigenvalue weighted by atomic mass is 19.1. The summed E-state index contributed by atoms with van der Waals surface area (Å²) in [6.07, 6.45) is 1.63. The van der Waals surface area contributed by atoms with E-state index >= 15 is 0 Å². The lowest BCUT2D eigenvalue weighted by molar-refractivity contribution is 0.235. The van der Waals surface area contributed by atoms with Gasteiger partial charge in [-0.3, -0.25) is 0 Å². The molecule has 3 heteroatoms. The molecule has 0 aliphatic heterocycles. The second-order valence-electron chi connectivity index (χ2n) is 4.56. The predicted octanol–water partition coefficient (Wildman–Crippen LogP) is 4.27. The van der Waals surface area contributed by atoms with Crippen LogP contribution in [-0.2, 0) is 0 Å². The van der Waals surface area contributed by atoms with Gasteiger partial charge in [-0.05, 0) is 56.2 Å². The highest BCUT2D eigenvalue weighted by Gasteiger charge is 2.23. The van der Waals surface area contributed by atoms with E-state index in [0.29, 0.717) is 31.2 Å². The number of benzene rings is 1. The Balaban J connectivity index is 2.21. The van der Waals surface area contributed by atoms with E-state index in [1.165, 1.54) is 19.1 Å². The fourth-order valence-corrected chi connectivity index (χ4v) is 2.29. The van der Waals surface area contributed by atoms with Crippen molar-refractivity contribution in [2.24, 2.45) is 0 Å². The molecule has 0 aromatic heterocycles. The van der Waals surface area contributed by atoms with E-state index in [9.17, 15) is 13.2 Å². The molecule has 0 amide bonds. The summed E-state index contributed by atoms with van der Waals surface area (Å²) in [5.74, 6) is -0.897. The van der Waals surface area contributed by atoms with E-state index < -0.39 is 17.8 Å². The molecule has 0 bridgehead atoms. The minimum absolute atomic E-state index is 0.0583. The fourth-order valence-electron chi connectivity index (χ4n) is 2.29. The SMILES string of the molecule is Cc1c(F)cc(C2CCC(F)CC2)cc1F. The van der Waals surface area contributed by atoms with Gasteiger partial charge in [-0.2, -0.15) is 0 Å². The molecule has 0 N–H and O–H groups in total. The molecule has 0 heterocycles. The van der Waals surface area contributed by atoms with Crippen LogP contribution in [0.1, 0.15) is 42.7 Å². The summed E-state index contributed by atoms with van der Waals surface area (Å²) in [6.45, 7) is 1.42. The predicted molar refractivity (Wildman–Crippen MR) is 57.2 cm³/mol. The summed E-state index contributed by atoms with van der Waals surface area (Å²) in [6, 6.07) is 2.78. The second-order valence-corrected chi connectivity index (χ2v) is 4.56. The number of halogens is 3. The van der Waals surface area contributed by atoms with Gasteiger partial charge in [-0.25, -0.2) is 13.2 Å². The van der Waals surface area contributed by atoms with Crippen LogP contribution in [-0.4, -0.2) is 6.17 Å². The zero-order valence-electron chi connectivity index (χ0n) is 9.27. The molecule has 0 saturated heterocycles. The van der Waals surface area contributed by atoms with Crippen molar-refractivity contribution in [3.8, 4) is 0 Å².